The molecule has 1 aromatic carbocycles. The number of aromatic nitrogens is 2. The fourth-order valence-corrected chi connectivity index (χ4v) is 6.00. The number of pyridine rings is 2. The van der Waals surface area contributed by atoms with E-state index in [9.17, 15) is 14.8 Å². The van der Waals surface area contributed by atoms with Crippen LogP contribution in [0.25, 0.3) is 17.2 Å². The second-order valence-corrected chi connectivity index (χ2v) is 10.3. The molecule has 1 amide bonds. The molecule has 6 atom stereocenters. The van der Waals surface area contributed by atoms with Crippen molar-refractivity contribution in [3.63, 3.8) is 0 Å². The molecule has 3 heterocycles. The normalized spacial score (nSPS) is 29.1. The molecule has 7 nitrogen and oxygen atoms in total. The number of cyclic esters (lactones) is 1. The lowest BCUT2D eigenvalue weighted by molar-refractivity contribution is -0.605. The number of fused-ring (bicyclic) bond motifs is 1. The first-order valence-electron chi connectivity index (χ1n) is 12.7. The minimum atomic E-state index is -1.16. The van der Waals surface area contributed by atoms with Gasteiger partial charge in [0.05, 0.1) is 5.69 Å². The van der Waals surface area contributed by atoms with Crippen LogP contribution in [0.3, 0.4) is 0 Å². The van der Waals surface area contributed by atoms with Crippen LogP contribution in [0.5, 0.6) is 0 Å². The Balaban J connectivity index is 1.43. The SMILES string of the molecule is CC1C[C@@]2(NC(=O)c3ccc[n+]([O-])c3)C(=O)O[C@H](C)[C@H]2C(/C=C/c2ccc(-c3ccccc3)cn2)C1C. The highest BCUT2D eigenvalue weighted by Crippen LogP contribution is 2.51. The third-order valence-electron chi connectivity index (χ3n) is 8.05. The Kier molecular flexibility index (Phi) is 6.54. The van der Waals surface area contributed by atoms with Crippen molar-refractivity contribution in [1.29, 1.82) is 0 Å². The number of esters is 1. The highest BCUT2D eigenvalue weighted by molar-refractivity contribution is 5.98. The van der Waals surface area contributed by atoms with Gasteiger partial charge >= 0.3 is 5.97 Å². The Hall–Kier alpha value is -4.00. The molecule has 7 heteroatoms. The maximum atomic E-state index is 13.3. The summed E-state index contributed by atoms with van der Waals surface area (Å²) in [4.78, 5) is 31.1. The van der Waals surface area contributed by atoms with Gasteiger partial charge in [0.2, 0.25) is 0 Å². The molecular formula is C30H31N3O4. The van der Waals surface area contributed by atoms with Gasteiger partial charge in [0.1, 0.15) is 17.2 Å². The molecule has 1 aliphatic heterocycles. The molecule has 0 bridgehead atoms. The Morgan fingerprint density at radius 3 is 2.59 bits per heavy atom. The van der Waals surface area contributed by atoms with Gasteiger partial charge in [-0.15, -0.1) is 0 Å². The number of nitrogens with one attached hydrogen (secondary N) is 1. The lowest BCUT2D eigenvalue weighted by Crippen LogP contribution is -2.63. The van der Waals surface area contributed by atoms with Crippen LogP contribution < -0.4 is 10.0 Å². The van der Waals surface area contributed by atoms with Gasteiger partial charge in [0.15, 0.2) is 12.4 Å². The number of carbonyl (C=O) groups is 2. The largest absolute Gasteiger partial charge is 0.619 e. The Bertz CT molecular complexity index is 1320. The summed E-state index contributed by atoms with van der Waals surface area (Å²) >= 11 is 0. The van der Waals surface area contributed by atoms with E-state index in [0.717, 1.165) is 16.8 Å². The summed E-state index contributed by atoms with van der Waals surface area (Å²) < 4.78 is 6.32. The molecule has 190 valence electrons. The first-order chi connectivity index (χ1) is 17.8. The molecule has 3 unspecified atom stereocenters. The van der Waals surface area contributed by atoms with Gasteiger partial charge in [-0.3, -0.25) is 9.78 Å². The number of nitrogens with zero attached hydrogens (tertiary/aromatic N) is 2. The number of rotatable bonds is 5. The van der Waals surface area contributed by atoms with Crippen molar-refractivity contribution in [2.24, 2.45) is 23.7 Å². The summed E-state index contributed by atoms with van der Waals surface area (Å²) in [6.07, 6.45) is 8.60. The minimum absolute atomic E-state index is 0.0266. The number of benzene rings is 1. The molecule has 1 saturated carbocycles. The predicted octanol–water partition coefficient (Wildman–Crippen LogP) is 4.42. The number of hydrogen-bond donors (Lipinski definition) is 1. The lowest BCUT2D eigenvalue weighted by atomic mass is 9.58. The maximum absolute atomic E-state index is 13.3. The number of carbonyl (C=O) groups excluding carboxylic acids is 2. The Morgan fingerprint density at radius 1 is 1.11 bits per heavy atom. The van der Waals surface area contributed by atoms with Crippen molar-refractivity contribution in [2.75, 3.05) is 0 Å². The van der Waals surface area contributed by atoms with Gasteiger partial charge in [0, 0.05) is 23.7 Å². The number of ether oxygens (including phenoxy) is 1. The summed E-state index contributed by atoms with van der Waals surface area (Å²) in [7, 11) is 0. The first kappa shape index (κ1) is 24.7. The summed E-state index contributed by atoms with van der Waals surface area (Å²) in [5, 5.41) is 14.7. The van der Waals surface area contributed by atoms with E-state index in [1.807, 2.05) is 49.5 Å². The lowest BCUT2D eigenvalue weighted by Gasteiger charge is -2.47. The molecule has 3 aromatic rings. The van der Waals surface area contributed by atoms with Crippen molar-refractivity contribution in [3.8, 4) is 11.1 Å². The molecule has 2 aromatic heterocycles. The van der Waals surface area contributed by atoms with E-state index in [2.05, 4.69) is 42.4 Å². The summed E-state index contributed by atoms with van der Waals surface area (Å²) in [5.41, 5.74) is 2.02. The zero-order valence-electron chi connectivity index (χ0n) is 21.2. The van der Waals surface area contributed by atoms with Crippen LogP contribution in [0, 0.1) is 28.9 Å². The molecule has 0 radical (unpaired) electrons. The Labute approximate surface area is 216 Å². The van der Waals surface area contributed by atoms with Crippen molar-refractivity contribution >= 4 is 18.0 Å². The highest BCUT2D eigenvalue weighted by atomic mass is 16.6. The molecule has 1 saturated heterocycles. The third-order valence-corrected chi connectivity index (χ3v) is 8.05. The fourth-order valence-electron chi connectivity index (χ4n) is 6.00. The standard InChI is InChI=1S/C30H31N3O4/c1-19-16-30(32-28(34)24-10-7-15-33(36)18-24)27(21(3)37-29(30)35)26(20(19)2)14-13-25-12-11-23(17-31-25)22-8-5-4-6-9-22/h4-15,17-21,26-27H,16H2,1-3H3,(H,32,34)/b14-13+/t19?,20?,21-,26?,27+,30+/m1/s1. The van der Waals surface area contributed by atoms with E-state index >= 15 is 0 Å². The van der Waals surface area contributed by atoms with E-state index in [0.29, 0.717) is 11.2 Å². The average Bonchev–Trinajstić information content (AvgIpc) is 3.13. The van der Waals surface area contributed by atoms with Crippen LogP contribution in [0.1, 0.15) is 43.2 Å². The minimum Gasteiger partial charge on any atom is -0.619 e. The van der Waals surface area contributed by atoms with E-state index in [-0.39, 0.29) is 35.3 Å². The second kappa shape index (κ2) is 9.81. The van der Waals surface area contributed by atoms with Crippen LogP contribution in [-0.2, 0) is 9.53 Å². The number of allylic oxidation sites excluding steroid dienone is 1. The van der Waals surface area contributed by atoms with Crippen molar-refractivity contribution < 1.29 is 19.1 Å². The van der Waals surface area contributed by atoms with E-state index in [1.54, 1.807) is 6.07 Å². The van der Waals surface area contributed by atoms with Gasteiger partial charge in [-0.25, -0.2) is 4.79 Å². The van der Waals surface area contributed by atoms with Gasteiger partial charge < -0.3 is 15.3 Å². The smallest absolute Gasteiger partial charge is 0.332 e. The Morgan fingerprint density at radius 2 is 1.89 bits per heavy atom. The topological polar surface area (TPSA) is 95.2 Å². The zero-order chi connectivity index (χ0) is 26.2. The summed E-state index contributed by atoms with van der Waals surface area (Å²) in [6.45, 7) is 6.18. The van der Waals surface area contributed by atoms with Crippen LogP contribution >= 0.6 is 0 Å². The van der Waals surface area contributed by atoms with Crippen LogP contribution in [0.15, 0.2) is 79.3 Å². The van der Waals surface area contributed by atoms with Crippen LogP contribution in [0.2, 0.25) is 0 Å². The van der Waals surface area contributed by atoms with Crippen molar-refractivity contribution in [2.45, 2.75) is 38.8 Å². The number of hydrogen-bond acceptors (Lipinski definition) is 5. The number of amides is 1. The van der Waals surface area contributed by atoms with Crippen LogP contribution in [0.4, 0.5) is 0 Å². The third kappa shape index (κ3) is 4.61. The second-order valence-electron chi connectivity index (χ2n) is 10.3. The average molecular weight is 498 g/mol. The molecule has 1 aliphatic carbocycles. The monoisotopic (exact) mass is 497 g/mol. The van der Waals surface area contributed by atoms with E-state index < -0.39 is 17.4 Å². The van der Waals surface area contributed by atoms with Crippen LogP contribution in [-0.4, -0.2) is 28.5 Å². The van der Waals surface area contributed by atoms with Gasteiger partial charge in [-0.1, -0.05) is 56.3 Å². The maximum Gasteiger partial charge on any atom is 0.332 e. The first-order valence-corrected chi connectivity index (χ1v) is 12.7. The molecule has 0 spiro atoms. The predicted molar refractivity (Wildman–Crippen MR) is 140 cm³/mol. The molecule has 1 N–H and O–H groups in total. The highest BCUT2D eigenvalue weighted by Gasteiger charge is 2.63. The van der Waals surface area contributed by atoms with E-state index in [1.165, 1.54) is 18.5 Å². The van der Waals surface area contributed by atoms with Crippen molar-refractivity contribution in [3.05, 3.63) is 95.7 Å². The summed E-state index contributed by atoms with van der Waals surface area (Å²) in [6, 6.07) is 17.2. The quantitative estimate of drug-likeness (QED) is 0.320. The van der Waals surface area contributed by atoms with Crippen molar-refractivity contribution in [1.82, 2.24) is 10.3 Å². The molecular weight excluding hydrogens is 466 g/mol. The van der Waals surface area contributed by atoms with Gasteiger partial charge in [0.25, 0.3) is 5.91 Å². The molecule has 2 fully saturated rings. The van der Waals surface area contributed by atoms with Gasteiger partial charge in [-0.05, 0) is 54.9 Å². The van der Waals surface area contributed by atoms with Gasteiger partial charge in [-0.2, -0.15) is 4.73 Å². The molecule has 37 heavy (non-hydrogen) atoms. The zero-order valence-corrected chi connectivity index (χ0v) is 21.2. The molecule has 5 rings (SSSR count). The molecule has 2 aliphatic rings. The fraction of sp³-hybridized carbons (Fsp3) is 0.333. The summed E-state index contributed by atoms with van der Waals surface area (Å²) in [5.74, 6) is -0.736. The van der Waals surface area contributed by atoms with E-state index in [4.69, 9.17) is 4.74 Å².